The molecule has 0 bridgehead atoms. The first-order valence-corrected chi connectivity index (χ1v) is 8.75. The van der Waals surface area contributed by atoms with Gasteiger partial charge in [-0.05, 0) is 48.7 Å². The van der Waals surface area contributed by atoms with Crippen LogP contribution >= 0.6 is 0 Å². The van der Waals surface area contributed by atoms with E-state index >= 15 is 0 Å². The third-order valence-electron chi connectivity index (χ3n) is 4.60. The molecule has 1 unspecified atom stereocenters. The Morgan fingerprint density at radius 2 is 1.88 bits per heavy atom. The summed E-state index contributed by atoms with van der Waals surface area (Å²) in [4.78, 5) is 24.5. The SMILES string of the molecule is CC(NCc1ccc(C(=O)O)cc1)c1ccc(N2CCCNC2=O)cc1. The molecule has 3 N–H and O–H groups in total. The highest BCUT2D eigenvalue weighted by atomic mass is 16.4. The molecule has 136 valence electrons. The molecule has 2 aromatic carbocycles. The van der Waals surface area contributed by atoms with Crippen molar-refractivity contribution in [1.29, 1.82) is 0 Å². The minimum Gasteiger partial charge on any atom is -0.478 e. The van der Waals surface area contributed by atoms with Crippen molar-refractivity contribution in [2.45, 2.75) is 25.9 Å². The first-order valence-electron chi connectivity index (χ1n) is 8.75. The molecule has 0 saturated carbocycles. The smallest absolute Gasteiger partial charge is 0.335 e. The number of carboxylic acid groups (broad SMARTS) is 1. The summed E-state index contributed by atoms with van der Waals surface area (Å²) in [5, 5.41) is 15.2. The fraction of sp³-hybridized carbons (Fsp3) is 0.300. The lowest BCUT2D eigenvalue weighted by Gasteiger charge is -2.27. The number of nitrogens with zero attached hydrogens (tertiary/aromatic N) is 1. The number of anilines is 1. The fourth-order valence-corrected chi connectivity index (χ4v) is 2.97. The van der Waals surface area contributed by atoms with Gasteiger partial charge in [0, 0.05) is 31.4 Å². The van der Waals surface area contributed by atoms with Crippen LogP contribution in [0.1, 0.15) is 40.9 Å². The molecule has 1 saturated heterocycles. The molecule has 6 nitrogen and oxygen atoms in total. The van der Waals surface area contributed by atoms with Gasteiger partial charge in [-0.25, -0.2) is 9.59 Å². The lowest BCUT2D eigenvalue weighted by Crippen LogP contribution is -2.46. The Hall–Kier alpha value is -2.86. The van der Waals surface area contributed by atoms with Crippen molar-refractivity contribution in [3.63, 3.8) is 0 Å². The van der Waals surface area contributed by atoms with Crippen molar-refractivity contribution in [3.05, 3.63) is 65.2 Å². The standard InChI is InChI=1S/C20H23N3O3/c1-14(22-13-15-3-5-17(6-4-15)19(24)25)16-7-9-18(10-8-16)23-12-2-11-21-20(23)26/h3-10,14,22H,2,11-13H2,1H3,(H,21,26)(H,24,25). The quantitative estimate of drug-likeness (QED) is 0.745. The molecule has 1 heterocycles. The Balaban J connectivity index is 1.58. The number of hydrogen-bond donors (Lipinski definition) is 3. The summed E-state index contributed by atoms with van der Waals surface area (Å²) in [7, 11) is 0. The normalized spacial score (nSPS) is 15.4. The van der Waals surface area contributed by atoms with E-state index in [0.717, 1.165) is 36.3 Å². The fourth-order valence-electron chi connectivity index (χ4n) is 2.97. The van der Waals surface area contributed by atoms with Crippen molar-refractivity contribution >= 4 is 17.7 Å². The third-order valence-corrected chi connectivity index (χ3v) is 4.60. The molecular weight excluding hydrogens is 330 g/mol. The topological polar surface area (TPSA) is 81.7 Å². The van der Waals surface area contributed by atoms with Crippen LogP contribution in [0.2, 0.25) is 0 Å². The van der Waals surface area contributed by atoms with E-state index in [4.69, 9.17) is 5.11 Å². The van der Waals surface area contributed by atoms with Crippen LogP contribution in [0.25, 0.3) is 0 Å². The highest BCUT2D eigenvalue weighted by Crippen LogP contribution is 2.21. The van der Waals surface area contributed by atoms with Gasteiger partial charge < -0.3 is 15.7 Å². The summed E-state index contributed by atoms with van der Waals surface area (Å²) in [6, 6.07) is 15.0. The van der Waals surface area contributed by atoms with Crippen LogP contribution < -0.4 is 15.5 Å². The second-order valence-corrected chi connectivity index (χ2v) is 6.43. The Morgan fingerprint density at radius 1 is 1.19 bits per heavy atom. The molecule has 0 radical (unpaired) electrons. The molecule has 1 fully saturated rings. The van der Waals surface area contributed by atoms with E-state index in [2.05, 4.69) is 17.6 Å². The number of amides is 2. The van der Waals surface area contributed by atoms with Crippen molar-refractivity contribution in [3.8, 4) is 0 Å². The second-order valence-electron chi connectivity index (χ2n) is 6.43. The third kappa shape index (κ3) is 4.21. The molecule has 1 aliphatic rings. The van der Waals surface area contributed by atoms with Gasteiger partial charge in [-0.1, -0.05) is 24.3 Å². The maximum Gasteiger partial charge on any atom is 0.335 e. The van der Waals surface area contributed by atoms with E-state index in [-0.39, 0.29) is 12.1 Å². The van der Waals surface area contributed by atoms with Gasteiger partial charge in [0.05, 0.1) is 5.56 Å². The average Bonchev–Trinajstić information content (AvgIpc) is 2.67. The number of carboxylic acids is 1. The summed E-state index contributed by atoms with van der Waals surface area (Å²) < 4.78 is 0. The Bertz CT molecular complexity index is 772. The predicted octanol–water partition coefficient (Wildman–Crippen LogP) is 3.16. The Morgan fingerprint density at radius 3 is 2.50 bits per heavy atom. The maximum absolute atomic E-state index is 11.9. The van der Waals surface area contributed by atoms with Crippen LogP contribution in [-0.2, 0) is 6.54 Å². The molecule has 2 aromatic rings. The van der Waals surface area contributed by atoms with Crippen molar-refractivity contribution in [2.24, 2.45) is 0 Å². The van der Waals surface area contributed by atoms with Crippen LogP contribution in [0, 0.1) is 0 Å². The largest absolute Gasteiger partial charge is 0.478 e. The minimum atomic E-state index is -0.916. The number of aromatic carboxylic acids is 1. The zero-order valence-corrected chi connectivity index (χ0v) is 14.7. The van der Waals surface area contributed by atoms with Gasteiger partial charge >= 0.3 is 12.0 Å². The van der Waals surface area contributed by atoms with Gasteiger partial charge in [0.2, 0.25) is 0 Å². The van der Waals surface area contributed by atoms with Crippen LogP contribution in [0.5, 0.6) is 0 Å². The highest BCUT2D eigenvalue weighted by molar-refractivity contribution is 5.92. The zero-order chi connectivity index (χ0) is 18.5. The molecule has 26 heavy (non-hydrogen) atoms. The highest BCUT2D eigenvalue weighted by Gasteiger charge is 2.19. The lowest BCUT2D eigenvalue weighted by molar-refractivity contribution is 0.0697. The predicted molar refractivity (Wildman–Crippen MR) is 100 cm³/mol. The molecule has 2 amide bonds. The lowest BCUT2D eigenvalue weighted by atomic mass is 10.1. The molecule has 0 aromatic heterocycles. The van der Waals surface area contributed by atoms with Crippen LogP contribution in [-0.4, -0.2) is 30.2 Å². The number of urea groups is 1. The molecule has 0 aliphatic carbocycles. The summed E-state index contributed by atoms with van der Waals surface area (Å²) in [6.45, 7) is 4.21. The molecule has 3 rings (SSSR count). The van der Waals surface area contributed by atoms with E-state index < -0.39 is 5.97 Å². The summed E-state index contributed by atoms with van der Waals surface area (Å²) in [5.41, 5.74) is 3.36. The van der Waals surface area contributed by atoms with Crippen LogP contribution in [0.4, 0.5) is 10.5 Å². The van der Waals surface area contributed by atoms with E-state index in [0.29, 0.717) is 12.1 Å². The van der Waals surface area contributed by atoms with Gasteiger partial charge in [0.15, 0.2) is 0 Å². The summed E-state index contributed by atoms with van der Waals surface area (Å²) in [6.07, 6.45) is 0.951. The van der Waals surface area contributed by atoms with Gasteiger partial charge in [0.1, 0.15) is 0 Å². The Kier molecular flexibility index (Phi) is 5.53. The van der Waals surface area contributed by atoms with Crippen molar-refractivity contribution in [2.75, 3.05) is 18.0 Å². The van der Waals surface area contributed by atoms with Crippen molar-refractivity contribution < 1.29 is 14.7 Å². The summed E-state index contributed by atoms with van der Waals surface area (Å²) >= 11 is 0. The number of carbonyl (C=O) groups excluding carboxylic acids is 1. The van der Waals surface area contributed by atoms with E-state index in [1.54, 1.807) is 17.0 Å². The van der Waals surface area contributed by atoms with Crippen molar-refractivity contribution in [1.82, 2.24) is 10.6 Å². The molecule has 1 aliphatic heterocycles. The molecule has 1 atom stereocenters. The first-order chi connectivity index (χ1) is 12.5. The van der Waals surface area contributed by atoms with Gasteiger partial charge in [0.25, 0.3) is 0 Å². The monoisotopic (exact) mass is 353 g/mol. The average molecular weight is 353 g/mol. The van der Waals surface area contributed by atoms with Crippen LogP contribution in [0.15, 0.2) is 48.5 Å². The maximum atomic E-state index is 11.9. The molecular formula is C20H23N3O3. The van der Waals surface area contributed by atoms with Gasteiger partial charge in [-0.15, -0.1) is 0 Å². The summed E-state index contributed by atoms with van der Waals surface area (Å²) in [5.74, 6) is -0.916. The second kappa shape index (κ2) is 8.01. The van der Waals surface area contributed by atoms with E-state index in [1.165, 1.54) is 0 Å². The molecule has 0 spiro atoms. The number of hydrogen-bond acceptors (Lipinski definition) is 3. The van der Waals surface area contributed by atoms with Gasteiger partial charge in [-0.2, -0.15) is 0 Å². The zero-order valence-electron chi connectivity index (χ0n) is 14.7. The minimum absolute atomic E-state index is 0.0417. The van der Waals surface area contributed by atoms with Gasteiger partial charge in [-0.3, -0.25) is 4.90 Å². The molecule has 6 heteroatoms. The van der Waals surface area contributed by atoms with E-state index in [9.17, 15) is 9.59 Å². The number of nitrogens with one attached hydrogen (secondary N) is 2. The van der Waals surface area contributed by atoms with E-state index in [1.807, 2.05) is 36.4 Å². The van der Waals surface area contributed by atoms with Crippen LogP contribution in [0.3, 0.4) is 0 Å². The first kappa shape index (κ1) is 17.9. The Labute approximate surface area is 152 Å². The number of rotatable bonds is 6. The number of carbonyl (C=O) groups is 2. The number of benzene rings is 2.